The highest BCUT2D eigenvalue weighted by Gasteiger charge is 2.58. The number of carbonyl (C=O) groups is 2. The maximum Gasteiger partial charge on any atom is 0.238 e. The van der Waals surface area contributed by atoms with Crippen LogP contribution in [0.3, 0.4) is 0 Å². The molecular weight excluding hydrogens is 344 g/mol. The molecule has 0 aromatic carbocycles. The summed E-state index contributed by atoms with van der Waals surface area (Å²) in [6, 6.07) is 5.51. The molecule has 2 aromatic rings. The van der Waals surface area contributed by atoms with E-state index in [1.807, 2.05) is 12.1 Å². The lowest BCUT2D eigenvalue weighted by atomic mass is 10.0. The van der Waals surface area contributed by atoms with Crippen molar-refractivity contribution in [3.8, 4) is 0 Å². The summed E-state index contributed by atoms with van der Waals surface area (Å²) in [5.74, 6) is 0.449. The largest absolute Gasteiger partial charge is 0.351 e. The number of nitrogens with one attached hydrogen (secondary N) is 1. The first-order valence-electron chi connectivity index (χ1n) is 9.18. The Labute approximate surface area is 157 Å². The Morgan fingerprint density at radius 3 is 2.41 bits per heavy atom. The number of pyridine rings is 1. The molecular formula is C19H22N6O2. The fraction of sp³-hybridized carbons (Fsp3) is 0.421. The summed E-state index contributed by atoms with van der Waals surface area (Å²) >= 11 is 0. The van der Waals surface area contributed by atoms with E-state index in [1.165, 1.54) is 0 Å². The van der Waals surface area contributed by atoms with Gasteiger partial charge in [-0.1, -0.05) is 6.07 Å². The second-order valence-corrected chi connectivity index (χ2v) is 6.95. The number of amides is 2. The van der Waals surface area contributed by atoms with Gasteiger partial charge < -0.3 is 15.1 Å². The van der Waals surface area contributed by atoms with E-state index >= 15 is 0 Å². The van der Waals surface area contributed by atoms with Gasteiger partial charge in [-0.2, -0.15) is 0 Å². The monoisotopic (exact) mass is 366 g/mol. The van der Waals surface area contributed by atoms with Gasteiger partial charge in [0.1, 0.15) is 5.41 Å². The third kappa shape index (κ3) is 3.60. The normalized spacial score (nSPS) is 18.1. The third-order valence-electron chi connectivity index (χ3n) is 5.17. The fourth-order valence-electron chi connectivity index (χ4n) is 3.38. The molecule has 3 heterocycles. The Morgan fingerprint density at radius 2 is 1.78 bits per heavy atom. The van der Waals surface area contributed by atoms with E-state index < -0.39 is 5.41 Å². The Bertz CT molecular complexity index is 801. The van der Waals surface area contributed by atoms with E-state index in [0.29, 0.717) is 51.5 Å². The molecule has 8 nitrogen and oxygen atoms in total. The van der Waals surface area contributed by atoms with Crippen LogP contribution in [0.15, 0.2) is 43.0 Å². The first kappa shape index (κ1) is 17.4. The minimum absolute atomic E-state index is 0.0557. The van der Waals surface area contributed by atoms with Gasteiger partial charge in [0.2, 0.25) is 17.8 Å². The van der Waals surface area contributed by atoms with E-state index in [2.05, 4.69) is 25.2 Å². The van der Waals surface area contributed by atoms with Crippen molar-refractivity contribution in [1.29, 1.82) is 0 Å². The summed E-state index contributed by atoms with van der Waals surface area (Å²) in [6.45, 7) is 2.89. The first-order chi connectivity index (χ1) is 13.2. The van der Waals surface area contributed by atoms with Gasteiger partial charge in [-0.05, 0) is 30.5 Å². The van der Waals surface area contributed by atoms with Crippen LogP contribution in [-0.4, -0.2) is 57.8 Å². The van der Waals surface area contributed by atoms with Crippen LogP contribution in [0, 0.1) is 5.41 Å². The van der Waals surface area contributed by atoms with E-state index in [0.717, 1.165) is 5.56 Å². The molecule has 2 fully saturated rings. The minimum Gasteiger partial charge on any atom is -0.351 e. The van der Waals surface area contributed by atoms with Crippen LogP contribution in [0.1, 0.15) is 18.4 Å². The highest BCUT2D eigenvalue weighted by molar-refractivity contribution is 6.07. The second kappa shape index (κ2) is 7.30. The number of rotatable bonds is 5. The molecule has 1 saturated carbocycles. The molecule has 1 aliphatic heterocycles. The van der Waals surface area contributed by atoms with Gasteiger partial charge in [0.25, 0.3) is 0 Å². The molecule has 0 unspecified atom stereocenters. The van der Waals surface area contributed by atoms with Crippen LogP contribution in [0.4, 0.5) is 5.95 Å². The molecule has 0 spiro atoms. The standard InChI is InChI=1S/C19H22N6O2/c26-16(23-14-15-3-1-6-20-13-15)19(4-5-19)17(27)24-9-11-25(12-10-24)18-21-7-2-8-22-18/h1-3,6-8,13H,4-5,9-12,14H2,(H,23,26). The molecule has 140 valence electrons. The Kier molecular flexibility index (Phi) is 4.70. The lowest BCUT2D eigenvalue weighted by Crippen LogP contribution is -2.53. The first-order valence-corrected chi connectivity index (χ1v) is 9.18. The van der Waals surface area contributed by atoms with Crippen LogP contribution >= 0.6 is 0 Å². The topological polar surface area (TPSA) is 91.3 Å². The van der Waals surface area contributed by atoms with Gasteiger partial charge >= 0.3 is 0 Å². The molecule has 0 bridgehead atoms. The molecule has 0 atom stereocenters. The van der Waals surface area contributed by atoms with Crippen LogP contribution in [-0.2, 0) is 16.1 Å². The van der Waals surface area contributed by atoms with Crippen molar-refractivity contribution in [3.63, 3.8) is 0 Å². The quantitative estimate of drug-likeness (QED) is 0.780. The fourth-order valence-corrected chi connectivity index (χ4v) is 3.38. The lowest BCUT2D eigenvalue weighted by molar-refractivity contribution is -0.144. The summed E-state index contributed by atoms with van der Waals surface area (Å²) in [6.07, 6.45) is 8.07. The van der Waals surface area contributed by atoms with Crippen molar-refractivity contribution in [2.24, 2.45) is 5.41 Å². The second-order valence-electron chi connectivity index (χ2n) is 6.95. The van der Waals surface area contributed by atoms with Gasteiger partial charge in [0.15, 0.2) is 0 Å². The van der Waals surface area contributed by atoms with Crippen LogP contribution in [0.5, 0.6) is 0 Å². The van der Waals surface area contributed by atoms with E-state index in [4.69, 9.17) is 0 Å². The Balaban J connectivity index is 1.33. The zero-order valence-electron chi connectivity index (χ0n) is 15.0. The molecule has 1 N–H and O–H groups in total. The van der Waals surface area contributed by atoms with Gasteiger partial charge in [0, 0.05) is 57.5 Å². The summed E-state index contributed by atoms with van der Waals surface area (Å²) in [5, 5.41) is 2.90. The molecule has 1 saturated heterocycles. The predicted molar refractivity (Wildman–Crippen MR) is 98.6 cm³/mol. The zero-order valence-corrected chi connectivity index (χ0v) is 15.0. The number of anilines is 1. The lowest BCUT2D eigenvalue weighted by Gasteiger charge is -2.36. The molecule has 27 heavy (non-hydrogen) atoms. The van der Waals surface area contributed by atoms with Gasteiger partial charge in [-0.3, -0.25) is 14.6 Å². The SMILES string of the molecule is O=C(NCc1cccnc1)C1(C(=O)N2CCN(c3ncccn3)CC2)CC1. The number of piperazine rings is 1. The van der Waals surface area contributed by atoms with Crippen molar-refractivity contribution in [2.45, 2.75) is 19.4 Å². The third-order valence-corrected chi connectivity index (χ3v) is 5.17. The molecule has 2 aliphatic rings. The maximum absolute atomic E-state index is 13.0. The summed E-state index contributed by atoms with van der Waals surface area (Å²) in [4.78, 5) is 42.1. The van der Waals surface area contributed by atoms with Gasteiger partial charge in [-0.15, -0.1) is 0 Å². The van der Waals surface area contributed by atoms with Crippen molar-refractivity contribution >= 4 is 17.8 Å². The molecule has 2 amide bonds. The molecule has 8 heteroatoms. The van der Waals surface area contributed by atoms with Crippen LogP contribution in [0.2, 0.25) is 0 Å². The molecule has 0 radical (unpaired) electrons. The molecule has 1 aliphatic carbocycles. The van der Waals surface area contributed by atoms with E-state index in [-0.39, 0.29) is 11.8 Å². The highest BCUT2D eigenvalue weighted by Crippen LogP contribution is 2.47. The zero-order chi connectivity index (χ0) is 18.7. The smallest absolute Gasteiger partial charge is 0.238 e. The molecule has 4 rings (SSSR count). The summed E-state index contributed by atoms with van der Waals surface area (Å²) in [5.41, 5.74) is 0.0405. The summed E-state index contributed by atoms with van der Waals surface area (Å²) in [7, 11) is 0. The maximum atomic E-state index is 13.0. The summed E-state index contributed by atoms with van der Waals surface area (Å²) < 4.78 is 0. The van der Waals surface area contributed by atoms with Crippen molar-refractivity contribution < 1.29 is 9.59 Å². The number of aromatic nitrogens is 3. The number of carbonyl (C=O) groups excluding carboxylic acids is 2. The average Bonchev–Trinajstić information content (AvgIpc) is 3.55. The van der Waals surface area contributed by atoms with E-state index in [9.17, 15) is 9.59 Å². The van der Waals surface area contributed by atoms with Gasteiger partial charge in [0.05, 0.1) is 0 Å². The highest BCUT2D eigenvalue weighted by atomic mass is 16.2. The predicted octanol–water partition coefficient (Wildman–Crippen LogP) is 0.617. The average molecular weight is 366 g/mol. The van der Waals surface area contributed by atoms with Crippen molar-refractivity contribution in [3.05, 3.63) is 48.5 Å². The number of hydrogen-bond acceptors (Lipinski definition) is 6. The van der Waals surface area contributed by atoms with Gasteiger partial charge in [-0.25, -0.2) is 9.97 Å². The number of nitrogens with zero attached hydrogens (tertiary/aromatic N) is 5. The van der Waals surface area contributed by atoms with Crippen LogP contribution in [0.25, 0.3) is 0 Å². The molecule has 2 aromatic heterocycles. The minimum atomic E-state index is -0.881. The van der Waals surface area contributed by atoms with E-state index in [1.54, 1.807) is 35.8 Å². The number of hydrogen-bond donors (Lipinski definition) is 1. The van der Waals surface area contributed by atoms with Crippen molar-refractivity contribution in [1.82, 2.24) is 25.2 Å². The van der Waals surface area contributed by atoms with Crippen LogP contribution < -0.4 is 10.2 Å². The Hall–Kier alpha value is -3.03. The Morgan fingerprint density at radius 1 is 1.04 bits per heavy atom. The van der Waals surface area contributed by atoms with Crippen molar-refractivity contribution in [2.75, 3.05) is 31.1 Å².